The predicted octanol–water partition coefficient (Wildman–Crippen LogP) is -0.308. The van der Waals surface area contributed by atoms with Gasteiger partial charge in [-0.25, -0.2) is 0 Å². The molecule has 0 fully saturated rings. The van der Waals surface area contributed by atoms with E-state index in [9.17, 15) is 18.9 Å². The number of nitrogens with zero attached hydrogens (tertiary/aromatic N) is 1. The molecule has 2 N–H and O–H groups in total. The summed E-state index contributed by atoms with van der Waals surface area (Å²) in [6.45, 7) is 1.51. The van der Waals surface area contributed by atoms with Crippen LogP contribution in [0.5, 0.6) is 0 Å². The van der Waals surface area contributed by atoms with Gasteiger partial charge in [-0.1, -0.05) is 6.92 Å². The third-order valence-electron chi connectivity index (χ3n) is 1.31. The van der Waals surface area contributed by atoms with Crippen LogP contribution < -0.4 is 5.90 Å². The van der Waals surface area contributed by atoms with Gasteiger partial charge in [-0.2, -0.15) is 5.90 Å². The quantitative estimate of drug-likeness (QED) is 0.369. The maximum absolute atomic E-state index is 10.6. The van der Waals surface area contributed by atoms with Gasteiger partial charge < -0.3 is 0 Å². The van der Waals surface area contributed by atoms with Crippen LogP contribution in [0.25, 0.3) is 0 Å². The zero-order chi connectivity index (χ0) is 9.78. The molecule has 2 unspecified atom stereocenters. The molecule has 0 bridgehead atoms. The van der Waals surface area contributed by atoms with Crippen molar-refractivity contribution in [3.05, 3.63) is 10.1 Å². The molecule has 0 aliphatic heterocycles. The second kappa shape index (κ2) is 4.45. The minimum absolute atomic E-state index is 0.121. The summed E-state index contributed by atoms with van der Waals surface area (Å²) in [5, 5.41) is 10.2. The van der Waals surface area contributed by atoms with Gasteiger partial charge in [-0.3, -0.25) is 10.1 Å². The Balaban J connectivity index is 4.21. The van der Waals surface area contributed by atoms with Crippen LogP contribution in [-0.4, -0.2) is 16.7 Å². The lowest BCUT2D eigenvalue weighted by molar-refractivity contribution is -0.517. The van der Waals surface area contributed by atoms with Gasteiger partial charge in [0.1, 0.15) is 0 Å². The molecule has 0 aromatic heterocycles. The molecule has 0 rings (SSSR count). The van der Waals surface area contributed by atoms with E-state index in [0.717, 1.165) is 0 Å². The highest BCUT2D eigenvalue weighted by atomic mass is 32.3. The molecule has 12 heavy (non-hydrogen) atoms. The monoisotopic (exact) mass is 198 g/mol. The number of hydrogen-bond acceptors (Lipinski definition) is 5. The minimum atomic E-state index is -3.94. The molecular weight excluding hydrogens is 188 g/mol. The summed E-state index contributed by atoms with van der Waals surface area (Å²) >= 11 is 0. The van der Waals surface area contributed by atoms with Gasteiger partial charge in [0.05, 0.1) is 4.55 Å². The van der Waals surface area contributed by atoms with Crippen LogP contribution in [0.3, 0.4) is 0 Å². The molecule has 2 atom stereocenters. The van der Waals surface area contributed by atoms with Gasteiger partial charge in [0.2, 0.25) is 5.75 Å². The van der Waals surface area contributed by atoms with E-state index in [4.69, 9.17) is 0 Å². The average molecular weight is 198 g/mol. The van der Waals surface area contributed by atoms with E-state index in [1.165, 1.54) is 6.92 Å². The fourth-order valence-corrected chi connectivity index (χ4v) is 1.51. The van der Waals surface area contributed by atoms with Crippen LogP contribution in [-0.2, 0) is 23.5 Å². The highest BCUT2D eigenvalue weighted by molar-refractivity contribution is 7.92. The standard InChI is InChI=1S/C4H10N2O5S/c1-2-4(6(7)8)3-12(9,10)11-5/h4H,2-3,5H2,1H3/q+1. The summed E-state index contributed by atoms with van der Waals surface area (Å²) in [5.41, 5.74) is 0. The normalized spacial score (nSPS) is 18.2. The van der Waals surface area contributed by atoms with E-state index in [-0.39, 0.29) is 6.42 Å². The summed E-state index contributed by atoms with van der Waals surface area (Å²) in [6.07, 6.45) is 0.121. The first-order chi connectivity index (χ1) is 5.43. The lowest BCUT2D eigenvalue weighted by atomic mass is 10.3. The number of nitro groups is 1. The van der Waals surface area contributed by atoms with Crippen molar-refractivity contribution in [1.29, 1.82) is 0 Å². The third-order valence-corrected chi connectivity index (χ3v) is 2.40. The van der Waals surface area contributed by atoms with Crippen molar-refractivity contribution in [3.8, 4) is 0 Å². The van der Waals surface area contributed by atoms with E-state index in [0.29, 0.717) is 0 Å². The summed E-state index contributed by atoms with van der Waals surface area (Å²) in [5.74, 6) is 3.71. The predicted molar refractivity (Wildman–Crippen MR) is 40.0 cm³/mol. The molecule has 0 aliphatic rings. The molecule has 0 heterocycles. The van der Waals surface area contributed by atoms with Crippen LogP contribution in [0.2, 0.25) is 0 Å². The molecular formula is C4H10N2O5S+. The van der Waals surface area contributed by atoms with Crippen molar-refractivity contribution >= 4 is 10.5 Å². The van der Waals surface area contributed by atoms with Crippen LogP contribution in [0.1, 0.15) is 13.3 Å². The Hall–Kier alpha value is -0.570. The Morgan fingerprint density at radius 3 is 2.50 bits per heavy atom. The molecule has 0 aliphatic carbocycles. The van der Waals surface area contributed by atoms with Crippen molar-refractivity contribution in [2.24, 2.45) is 5.90 Å². The molecule has 71 valence electrons. The fourth-order valence-electron chi connectivity index (χ4n) is 0.603. The van der Waals surface area contributed by atoms with Gasteiger partial charge in [0, 0.05) is 11.3 Å². The van der Waals surface area contributed by atoms with Crippen molar-refractivity contribution in [2.75, 3.05) is 5.75 Å². The first-order valence-corrected chi connectivity index (χ1v) is 4.75. The molecule has 0 saturated carbocycles. The van der Waals surface area contributed by atoms with Crippen LogP contribution in [0, 0.1) is 10.1 Å². The topological polar surface area (TPSA) is 115 Å². The van der Waals surface area contributed by atoms with Crippen molar-refractivity contribution < 1.29 is 18.0 Å². The zero-order valence-corrected chi connectivity index (χ0v) is 7.28. The highest BCUT2D eigenvalue weighted by Gasteiger charge is 2.39. The highest BCUT2D eigenvalue weighted by Crippen LogP contribution is 2.07. The minimum Gasteiger partial charge on any atom is -0.264 e. The van der Waals surface area contributed by atoms with Crippen LogP contribution >= 0.6 is 0 Å². The van der Waals surface area contributed by atoms with E-state index in [1.807, 2.05) is 0 Å². The van der Waals surface area contributed by atoms with E-state index in [1.54, 1.807) is 0 Å². The number of hydrogen-bond donors (Lipinski definition) is 1. The molecule has 8 heteroatoms. The maximum Gasteiger partial charge on any atom is 0.420 e. The molecule has 1 radical (unpaired) electrons. The summed E-state index contributed by atoms with van der Waals surface area (Å²) in [7, 11) is -3.94. The third kappa shape index (κ3) is 3.72. The second-order valence-corrected chi connectivity index (χ2v) is 3.81. The lowest BCUT2D eigenvalue weighted by Crippen LogP contribution is -2.33. The van der Waals surface area contributed by atoms with Crippen LogP contribution in [0.4, 0.5) is 0 Å². The van der Waals surface area contributed by atoms with Gasteiger partial charge in [-0.15, -0.1) is 0 Å². The molecule has 0 aromatic carbocycles. The lowest BCUT2D eigenvalue weighted by Gasteiger charge is -2.02. The Labute approximate surface area is 70.4 Å². The molecule has 7 nitrogen and oxygen atoms in total. The smallest absolute Gasteiger partial charge is 0.264 e. The average Bonchev–Trinajstić information content (AvgIpc) is 2.00. The summed E-state index contributed by atoms with van der Waals surface area (Å²) in [4.78, 5) is 9.50. The van der Waals surface area contributed by atoms with E-state index >= 15 is 0 Å². The van der Waals surface area contributed by atoms with Gasteiger partial charge >= 0.3 is 10.5 Å². The fraction of sp³-hybridized carbons (Fsp3) is 1.00. The largest absolute Gasteiger partial charge is 0.420 e. The Morgan fingerprint density at radius 2 is 2.25 bits per heavy atom. The SMILES string of the molecule is CCC(C[S+]([O])(=O)ON)[N+](=O)[O-]. The first-order valence-electron chi connectivity index (χ1n) is 3.17. The second-order valence-electron chi connectivity index (χ2n) is 2.17. The number of rotatable bonds is 5. The summed E-state index contributed by atoms with van der Waals surface area (Å²) in [6, 6.07) is -1.15. The molecule has 0 spiro atoms. The van der Waals surface area contributed by atoms with Gasteiger partial charge in [-0.05, 0) is 8.49 Å². The Kier molecular flexibility index (Phi) is 4.24. The van der Waals surface area contributed by atoms with E-state index in [2.05, 4.69) is 10.2 Å². The zero-order valence-electron chi connectivity index (χ0n) is 6.47. The molecule has 0 aromatic rings. The Morgan fingerprint density at radius 1 is 1.75 bits per heavy atom. The summed E-state index contributed by atoms with van der Waals surface area (Å²) < 4.78 is 24.8. The van der Waals surface area contributed by atoms with Crippen molar-refractivity contribution in [1.82, 2.24) is 0 Å². The Bertz CT molecular complexity index is 208. The maximum atomic E-state index is 10.6. The van der Waals surface area contributed by atoms with E-state index < -0.39 is 27.2 Å². The van der Waals surface area contributed by atoms with Gasteiger partial charge in [0.15, 0.2) is 0 Å². The van der Waals surface area contributed by atoms with Crippen molar-refractivity contribution in [2.45, 2.75) is 19.4 Å². The number of nitrogens with two attached hydrogens (primary N) is 1. The first kappa shape index (κ1) is 11.4. The van der Waals surface area contributed by atoms with Gasteiger partial charge in [0.25, 0.3) is 6.04 Å². The molecule has 0 saturated heterocycles. The van der Waals surface area contributed by atoms with Crippen LogP contribution in [0.15, 0.2) is 0 Å². The van der Waals surface area contributed by atoms with Crippen molar-refractivity contribution in [3.63, 3.8) is 0 Å². The molecule has 0 amide bonds.